The fourth-order valence-corrected chi connectivity index (χ4v) is 3.80. The molecule has 3 heteroatoms. The molecule has 0 saturated carbocycles. The van der Waals surface area contributed by atoms with Crippen molar-refractivity contribution in [2.24, 2.45) is 15.9 Å². The van der Waals surface area contributed by atoms with Crippen molar-refractivity contribution < 1.29 is 0 Å². The Hall–Kier alpha value is -2.42. The number of hydrogen-bond donors (Lipinski definition) is 1. The van der Waals surface area contributed by atoms with Gasteiger partial charge in [0.05, 0.1) is 0 Å². The summed E-state index contributed by atoms with van der Waals surface area (Å²) in [6.07, 6.45) is 18.1. The lowest BCUT2D eigenvalue weighted by molar-refractivity contribution is 0.480. The number of rotatable bonds is 12. The first-order valence-corrected chi connectivity index (χ1v) is 15.7. The van der Waals surface area contributed by atoms with Crippen LogP contribution in [0, 0.1) is 5.92 Å². The van der Waals surface area contributed by atoms with Gasteiger partial charge in [0.1, 0.15) is 0 Å². The third-order valence-electron chi connectivity index (χ3n) is 5.88. The van der Waals surface area contributed by atoms with E-state index >= 15 is 0 Å². The molecule has 0 saturated heterocycles. The number of fused-ring (bicyclic) bond motifs is 1. The molecule has 3 nitrogen and oxygen atoms in total. The van der Waals surface area contributed by atoms with Crippen LogP contribution in [0.5, 0.6) is 0 Å². The number of hydrogen-bond acceptors (Lipinski definition) is 2. The Labute approximate surface area is 244 Å². The van der Waals surface area contributed by atoms with Gasteiger partial charge in [0.15, 0.2) is 0 Å². The van der Waals surface area contributed by atoms with Crippen LogP contribution in [-0.4, -0.2) is 24.5 Å². The second kappa shape index (κ2) is 30.1. The van der Waals surface area contributed by atoms with Gasteiger partial charge in [-0.15, -0.1) is 0 Å². The second-order valence-corrected chi connectivity index (χ2v) is 9.48. The fraction of sp³-hybridized carbons (Fsp3) is 0.611. The Morgan fingerprint density at radius 3 is 1.87 bits per heavy atom. The first-order chi connectivity index (χ1) is 18.8. The number of aliphatic imine (C=N–C) groups is 2. The zero-order valence-electron chi connectivity index (χ0n) is 28.1. The minimum atomic E-state index is 0.777. The number of unbranched alkanes of at least 4 members (excludes halogenated alkanes) is 4. The lowest BCUT2D eigenvalue weighted by Crippen LogP contribution is -1.93. The van der Waals surface area contributed by atoms with Gasteiger partial charge >= 0.3 is 0 Å². The number of benzene rings is 1. The Kier molecular flexibility index (Phi) is 31.7. The normalized spacial score (nSPS) is 11.0. The summed E-state index contributed by atoms with van der Waals surface area (Å²) in [4.78, 5) is 11.6. The van der Waals surface area contributed by atoms with E-state index in [1.807, 2.05) is 53.2 Å². The van der Waals surface area contributed by atoms with Gasteiger partial charge < -0.3 is 4.98 Å². The highest BCUT2D eigenvalue weighted by Gasteiger charge is 2.03. The van der Waals surface area contributed by atoms with E-state index in [1.165, 1.54) is 63.2 Å². The van der Waals surface area contributed by atoms with Crippen LogP contribution in [0.2, 0.25) is 0 Å². The maximum absolute atomic E-state index is 4.27. The van der Waals surface area contributed by atoms with E-state index in [4.69, 9.17) is 0 Å². The summed E-state index contributed by atoms with van der Waals surface area (Å²) in [6, 6.07) is 8.43. The highest BCUT2D eigenvalue weighted by molar-refractivity contribution is 6.11. The van der Waals surface area contributed by atoms with Crippen molar-refractivity contribution in [3.05, 3.63) is 53.9 Å². The molecule has 1 N–H and O–H groups in total. The smallest absolute Gasteiger partial charge is 0.0460 e. The zero-order valence-corrected chi connectivity index (χ0v) is 28.1. The van der Waals surface area contributed by atoms with Crippen LogP contribution in [0.4, 0.5) is 0 Å². The molecule has 1 heterocycles. The van der Waals surface area contributed by atoms with Crippen LogP contribution >= 0.6 is 0 Å². The van der Waals surface area contributed by atoms with Gasteiger partial charge in [-0.25, -0.2) is 0 Å². The summed E-state index contributed by atoms with van der Waals surface area (Å²) in [6.45, 7) is 27.1. The molecule has 224 valence electrons. The maximum Gasteiger partial charge on any atom is 0.0460 e. The van der Waals surface area contributed by atoms with Gasteiger partial charge in [0.25, 0.3) is 0 Å². The van der Waals surface area contributed by atoms with E-state index < -0.39 is 0 Å². The zero-order chi connectivity index (χ0) is 30.5. The van der Waals surface area contributed by atoms with Crippen molar-refractivity contribution in [3.8, 4) is 0 Å². The monoisotopic (exact) mass is 540 g/mol. The number of nitrogens with zero attached hydrogens (tertiary/aromatic N) is 2. The Morgan fingerprint density at radius 2 is 1.41 bits per heavy atom. The average Bonchev–Trinajstić information content (AvgIpc) is 3.42. The Morgan fingerprint density at radius 1 is 0.846 bits per heavy atom. The third kappa shape index (κ3) is 22.1. The summed E-state index contributed by atoms with van der Waals surface area (Å²) in [5.74, 6) is 0.963. The molecule has 0 bridgehead atoms. The molecule has 0 atom stereocenters. The molecule has 0 amide bonds. The van der Waals surface area contributed by atoms with Crippen LogP contribution in [0.3, 0.4) is 0 Å². The topological polar surface area (TPSA) is 40.5 Å². The summed E-state index contributed by atoms with van der Waals surface area (Å²) in [5.41, 5.74) is 5.19. The number of allylic oxidation sites excluding steroid dienone is 3. The third-order valence-corrected chi connectivity index (χ3v) is 5.88. The summed E-state index contributed by atoms with van der Waals surface area (Å²) in [7, 11) is 1.76. The quantitative estimate of drug-likeness (QED) is 0.206. The Balaban J connectivity index is -0.000000566. The van der Waals surface area contributed by atoms with Gasteiger partial charge in [0, 0.05) is 42.5 Å². The molecule has 0 spiro atoms. The summed E-state index contributed by atoms with van der Waals surface area (Å²) in [5, 5.41) is 1.21. The largest absolute Gasteiger partial charge is 0.361 e. The SMILES string of the molecule is C=C(C)N=C/C(C=NC)=C(\C)c1ccc2cc[nH]c2c1.CC.CC.CCCC(C)CCC.CCCCCCC. The van der Waals surface area contributed by atoms with Crippen molar-refractivity contribution in [2.75, 3.05) is 7.05 Å². The molecule has 0 aliphatic heterocycles. The van der Waals surface area contributed by atoms with E-state index in [-0.39, 0.29) is 0 Å². The van der Waals surface area contributed by atoms with Gasteiger partial charge in [-0.3, -0.25) is 9.98 Å². The molecule has 2 aromatic rings. The standard InChI is InChI=1S/C17H19N3.C8H18.C7H16.2C2H6/c1-12(2)20-11-16(10-18-4)13(3)15-6-5-14-7-8-19-17(14)9-15;1-4-6-8(3)7-5-2;1-3-5-7-6-4-2;2*1-2/h5-11,19H,1H2,2-4H3;8H,4-7H2,1-3H3;3-7H2,1-2H3;2*1-2H3/b16-13+,18-10?,20-11?;;;;. The predicted octanol–water partition coefficient (Wildman–Crippen LogP) is 12.5. The molecule has 2 rings (SSSR count). The summed E-state index contributed by atoms with van der Waals surface area (Å²) >= 11 is 0. The van der Waals surface area contributed by atoms with Crippen molar-refractivity contribution in [3.63, 3.8) is 0 Å². The lowest BCUT2D eigenvalue weighted by Gasteiger charge is -2.05. The van der Waals surface area contributed by atoms with Crippen LogP contribution in [-0.2, 0) is 0 Å². The van der Waals surface area contributed by atoms with Crippen LogP contribution in [0.15, 0.2) is 58.3 Å². The lowest BCUT2D eigenvalue weighted by atomic mass is 10.0. The molecule has 0 radical (unpaired) electrons. The molecule has 1 aromatic heterocycles. The first kappa shape index (κ1) is 41.1. The molecular weight excluding hydrogens is 474 g/mol. The van der Waals surface area contributed by atoms with E-state index in [0.717, 1.165) is 33.8 Å². The summed E-state index contributed by atoms with van der Waals surface area (Å²) < 4.78 is 0. The van der Waals surface area contributed by atoms with Crippen LogP contribution in [0.1, 0.15) is 140 Å². The van der Waals surface area contributed by atoms with Crippen molar-refractivity contribution in [1.29, 1.82) is 0 Å². The second-order valence-electron chi connectivity index (χ2n) is 9.48. The molecule has 0 unspecified atom stereocenters. The molecule has 1 aromatic carbocycles. The van der Waals surface area contributed by atoms with E-state index in [9.17, 15) is 0 Å². The van der Waals surface area contributed by atoms with Crippen LogP contribution < -0.4 is 0 Å². The highest BCUT2D eigenvalue weighted by Crippen LogP contribution is 2.22. The fourth-order valence-electron chi connectivity index (χ4n) is 3.80. The number of H-pyrrole nitrogens is 1. The maximum atomic E-state index is 4.27. The molecule has 39 heavy (non-hydrogen) atoms. The van der Waals surface area contributed by atoms with Crippen molar-refractivity contribution in [2.45, 2.75) is 134 Å². The minimum absolute atomic E-state index is 0.777. The van der Waals surface area contributed by atoms with E-state index in [1.54, 1.807) is 7.05 Å². The first-order valence-electron chi connectivity index (χ1n) is 15.7. The van der Waals surface area contributed by atoms with Crippen LogP contribution in [0.25, 0.3) is 16.5 Å². The minimum Gasteiger partial charge on any atom is -0.361 e. The number of aromatic nitrogens is 1. The van der Waals surface area contributed by atoms with Gasteiger partial charge in [-0.2, -0.15) is 0 Å². The van der Waals surface area contributed by atoms with Gasteiger partial charge in [-0.05, 0) is 48.4 Å². The van der Waals surface area contributed by atoms with Crippen molar-refractivity contribution in [1.82, 2.24) is 4.98 Å². The number of aromatic amines is 1. The predicted molar refractivity (Wildman–Crippen MR) is 185 cm³/mol. The molecule has 0 aliphatic carbocycles. The number of nitrogens with one attached hydrogen (secondary N) is 1. The van der Waals surface area contributed by atoms with Crippen molar-refractivity contribution >= 4 is 28.9 Å². The molecule has 0 aliphatic rings. The Bertz CT molecular complexity index is 889. The molecule has 0 fully saturated rings. The highest BCUT2D eigenvalue weighted by atomic mass is 14.7. The van der Waals surface area contributed by atoms with Gasteiger partial charge in [0.2, 0.25) is 0 Å². The van der Waals surface area contributed by atoms with E-state index in [0.29, 0.717) is 0 Å². The molecular formula is C36H65N3. The van der Waals surface area contributed by atoms with Gasteiger partial charge in [-0.1, -0.05) is 139 Å². The van der Waals surface area contributed by atoms with E-state index in [2.05, 4.69) is 87.4 Å². The average molecular weight is 540 g/mol.